The molecule has 2 aromatic carbocycles. The summed E-state index contributed by atoms with van der Waals surface area (Å²) < 4.78 is 26.2. The highest BCUT2D eigenvalue weighted by Gasteiger charge is 2.31. The number of nitrogens with zero attached hydrogens (tertiary/aromatic N) is 1. The lowest BCUT2D eigenvalue weighted by Gasteiger charge is -2.31. The van der Waals surface area contributed by atoms with Gasteiger partial charge in [0.1, 0.15) is 6.04 Å². The maximum Gasteiger partial charge on any atom is 0.244 e. The second kappa shape index (κ2) is 9.18. The van der Waals surface area contributed by atoms with Crippen molar-refractivity contribution in [2.75, 3.05) is 10.6 Å². The lowest BCUT2D eigenvalue weighted by Crippen LogP contribution is -2.48. The molecule has 5 nitrogen and oxygen atoms in total. The number of amides is 1. The van der Waals surface area contributed by atoms with Crippen molar-refractivity contribution in [3.8, 4) is 0 Å². The van der Waals surface area contributed by atoms with Crippen molar-refractivity contribution < 1.29 is 13.2 Å². The first-order valence-corrected chi connectivity index (χ1v) is 11.8. The Morgan fingerprint density at radius 2 is 1.69 bits per heavy atom. The second-order valence-corrected chi connectivity index (χ2v) is 9.77. The SMILES string of the molecule is CCC(NC(=O)C(C)N(c1cc(Cl)ccc1C)S(C)(=O)=O)c1ccc(C)c(C)c1. The van der Waals surface area contributed by atoms with E-state index in [1.165, 1.54) is 5.56 Å². The predicted molar refractivity (Wildman–Crippen MR) is 120 cm³/mol. The van der Waals surface area contributed by atoms with Crippen LogP contribution in [-0.4, -0.2) is 26.6 Å². The molecule has 0 spiro atoms. The summed E-state index contributed by atoms with van der Waals surface area (Å²) in [5.41, 5.74) is 4.46. The second-order valence-electron chi connectivity index (χ2n) is 7.48. The molecule has 0 heterocycles. The van der Waals surface area contributed by atoms with Gasteiger partial charge in [0, 0.05) is 5.02 Å². The van der Waals surface area contributed by atoms with Gasteiger partial charge in [-0.2, -0.15) is 0 Å². The summed E-state index contributed by atoms with van der Waals surface area (Å²) in [5, 5.41) is 3.42. The molecule has 0 radical (unpaired) electrons. The van der Waals surface area contributed by atoms with Crippen molar-refractivity contribution >= 4 is 33.2 Å². The molecule has 0 aliphatic carbocycles. The molecule has 7 heteroatoms. The molecule has 0 aromatic heterocycles. The number of hydrogen-bond acceptors (Lipinski definition) is 3. The minimum Gasteiger partial charge on any atom is -0.347 e. The van der Waals surface area contributed by atoms with Crippen LogP contribution in [0, 0.1) is 20.8 Å². The summed E-state index contributed by atoms with van der Waals surface area (Å²) in [6.45, 7) is 9.43. The van der Waals surface area contributed by atoms with Gasteiger partial charge in [0.05, 0.1) is 18.0 Å². The smallest absolute Gasteiger partial charge is 0.244 e. The number of hydrogen-bond donors (Lipinski definition) is 1. The number of rotatable bonds is 7. The van der Waals surface area contributed by atoms with Crippen LogP contribution in [-0.2, 0) is 14.8 Å². The van der Waals surface area contributed by atoms with E-state index in [2.05, 4.69) is 11.4 Å². The first kappa shape index (κ1) is 23.2. The zero-order valence-corrected chi connectivity index (χ0v) is 19.4. The van der Waals surface area contributed by atoms with E-state index in [9.17, 15) is 13.2 Å². The molecule has 2 rings (SSSR count). The van der Waals surface area contributed by atoms with E-state index < -0.39 is 16.1 Å². The lowest BCUT2D eigenvalue weighted by molar-refractivity contribution is -0.122. The topological polar surface area (TPSA) is 66.5 Å². The highest BCUT2D eigenvalue weighted by molar-refractivity contribution is 7.92. The standard InChI is InChI=1S/C22H29ClN2O3S/c1-7-20(18-10-8-14(2)16(4)12-18)24-22(26)17(5)25(29(6,27)28)21-13-19(23)11-9-15(21)3/h8-13,17,20H,7H2,1-6H3,(H,24,26). The Balaban J connectivity index is 2.35. The van der Waals surface area contributed by atoms with E-state index in [4.69, 9.17) is 11.6 Å². The lowest BCUT2D eigenvalue weighted by atomic mass is 9.99. The Hall–Kier alpha value is -2.05. The molecule has 158 valence electrons. The van der Waals surface area contributed by atoms with E-state index >= 15 is 0 Å². The van der Waals surface area contributed by atoms with Crippen molar-refractivity contribution in [2.24, 2.45) is 0 Å². The summed E-state index contributed by atoms with van der Waals surface area (Å²) >= 11 is 6.09. The molecule has 2 aromatic rings. The van der Waals surface area contributed by atoms with Crippen LogP contribution in [0.2, 0.25) is 5.02 Å². The van der Waals surface area contributed by atoms with Crippen molar-refractivity contribution in [1.82, 2.24) is 5.32 Å². The molecule has 2 unspecified atom stereocenters. The van der Waals surface area contributed by atoms with E-state index in [-0.39, 0.29) is 11.9 Å². The Bertz CT molecular complexity index is 1010. The Morgan fingerprint density at radius 1 is 1.07 bits per heavy atom. The van der Waals surface area contributed by atoms with Crippen LogP contribution in [0.5, 0.6) is 0 Å². The van der Waals surface area contributed by atoms with E-state index in [0.717, 1.165) is 27.3 Å². The largest absolute Gasteiger partial charge is 0.347 e. The number of benzene rings is 2. The van der Waals surface area contributed by atoms with E-state index in [1.54, 1.807) is 32.0 Å². The molecule has 0 bridgehead atoms. The van der Waals surface area contributed by atoms with Crippen molar-refractivity contribution in [3.63, 3.8) is 0 Å². The fourth-order valence-electron chi connectivity index (χ4n) is 3.30. The number of halogens is 1. The van der Waals surface area contributed by atoms with Crippen LogP contribution in [0.4, 0.5) is 5.69 Å². The summed E-state index contributed by atoms with van der Waals surface area (Å²) in [6, 6.07) is 9.96. The third-order valence-corrected chi connectivity index (χ3v) is 6.62. The van der Waals surface area contributed by atoms with Gasteiger partial charge in [-0.1, -0.05) is 42.8 Å². The predicted octanol–water partition coefficient (Wildman–Crippen LogP) is 4.69. The first-order valence-electron chi connectivity index (χ1n) is 9.58. The molecular weight excluding hydrogens is 408 g/mol. The third kappa shape index (κ3) is 5.52. The van der Waals surface area contributed by atoms with Crippen molar-refractivity contribution in [2.45, 2.75) is 53.1 Å². The quantitative estimate of drug-likeness (QED) is 0.684. The van der Waals surface area contributed by atoms with Crippen molar-refractivity contribution in [3.05, 3.63) is 63.7 Å². The highest BCUT2D eigenvalue weighted by Crippen LogP contribution is 2.29. The average molecular weight is 437 g/mol. The van der Waals surface area contributed by atoms with Gasteiger partial charge >= 0.3 is 0 Å². The fraction of sp³-hybridized carbons (Fsp3) is 0.409. The molecule has 1 amide bonds. The van der Waals surface area contributed by atoms with Crippen LogP contribution < -0.4 is 9.62 Å². The highest BCUT2D eigenvalue weighted by atomic mass is 35.5. The maximum atomic E-state index is 13.0. The average Bonchev–Trinajstić information content (AvgIpc) is 2.63. The summed E-state index contributed by atoms with van der Waals surface area (Å²) in [7, 11) is -3.71. The van der Waals surface area contributed by atoms with Crippen LogP contribution in [0.1, 0.15) is 48.6 Å². The Kier molecular flexibility index (Phi) is 7.35. The number of nitrogens with one attached hydrogen (secondary N) is 1. The van der Waals surface area contributed by atoms with Gasteiger partial charge in [0.15, 0.2) is 0 Å². The zero-order chi connectivity index (χ0) is 21.9. The van der Waals surface area contributed by atoms with E-state index in [1.807, 2.05) is 32.9 Å². The normalized spacial score (nSPS) is 13.6. The molecule has 0 aliphatic heterocycles. The fourth-order valence-corrected chi connectivity index (χ4v) is 4.69. The van der Waals surface area contributed by atoms with Gasteiger partial charge in [-0.05, 0) is 68.5 Å². The minimum absolute atomic E-state index is 0.203. The van der Waals surface area contributed by atoms with Gasteiger partial charge in [-0.3, -0.25) is 9.10 Å². The molecule has 2 atom stereocenters. The van der Waals surface area contributed by atoms with Gasteiger partial charge in [-0.15, -0.1) is 0 Å². The number of carbonyl (C=O) groups excluding carboxylic acids is 1. The van der Waals surface area contributed by atoms with Crippen LogP contribution in [0.25, 0.3) is 0 Å². The van der Waals surface area contributed by atoms with Gasteiger partial charge in [0.2, 0.25) is 15.9 Å². The summed E-state index contributed by atoms with van der Waals surface area (Å²) in [4.78, 5) is 13.0. The van der Waals surface area contributed by atoms with Crippen LogP contribution in [0.3, 0.4) is 0 Å². The van der Waals surface area contributed by atoms with E-state index in [0.29, 0.717) is 17.1 Å². The molecular formula is C22H29ClN2O3S. The van der Waals surface area contributed by atoms with Gasteiger partial charge < -0.3 is 5.32 Å². The monoisotopic (exact) mass is 436 g/mol. The summed E-state index contributed by atoms with van der Waals surface area (Å²) in [6.07, 6.45) is 1.79. The maximum absolute atomic E-state index is 13.0. The third-order valence-electron chi connectivity index (χ3n) is 5.16. The number of carbonyl (C=O) groups is 1. The molecule has 0 fully saturated rings. The first-order chi connectivity index (χ1) is 13.5. The summed E-state index contributed by atoms with van der Waals surface area (Å²) in [5.74, 6) is -0.361. The number of anilines is 1. The van der Waals surface area contributed by atoms with Crippen molar-refractivity contribution in [1.29, 1.82) is 0 Å². The Labute approximate surface area is 179 Å². The zero-order valence-electron chi connectivity index (χ0n) is 17.8. The Morgan fingerprint density at radius 3 is 2.24 bits per heavy atom. The van der Waals surface area contributed by atoms with Gasteiger partial charge in [0.25, 0.3) is 0 Å². The number of aryl methyl sites for hydroxylation is 3. The van der Waals surface area contributed by atoms with Crippen LogP contribution >= 0.6 is 11.6 Å². The minimum atomic E-state index is -3.71. The molecule has 0 aliphatic rings. The molecule has 0 saturated carbocycles. The number of sulfonamides is 1. The molecule has 1 N–H and O–H groups in total. The van der Waals surface area contributed by atoms with Gasteiger partial charge in [-0.25, -0.2) is 8.42 Å². The molecule has 0 saturated heterocycles. The molecule has 29 heavy (non-hydrogen) atoms. The van der Waals surface area contributed by atoms with Crippen LogP contribution in [0.15, 0.2) is 36.4 Å².